The van der Waals surface area contributed by atoms with Crippen LogP contribution in [0, 0.1) is 5.92 Å². The molecule has 0 fully saturated rings. The molecule has 0 spiro atoms. The van der Waals surface area contributed by atoms with Crippen LogP contribution >= 0.6 is 12.4 Å². The van der Waals surface area contributed by atoms with Crippen LogP contribution in [-0.2, 0) is 22.4 Å². The molecule has 0 aliphatic heterocycles. The van der Waals surface area contributed by atoms with Crippen molar-refractivity contribution in [3.63, 3.8) is 0 Å². The van der Waals surface area contributed by atoms with Gasteiger partial charge in [0.25, 0.3) is 0 Å². The zero-order valence-electron chi connectivity index (χ0n) is 25.4. The monoisotopic (exact) mass is 579 g/mol. The van der Waals surface area contributed by atoms with Crippen molar-refractivity contribution in [1.82, 2.24) is 4.90 Å². The highest BCUT2D eigenvalue weighted by molar-refractivity contribution is 5.85. The van der Waals surface area contributed by atoms with Crippen LogP contribution < -0.4 is 23.7 Å². The van der Waals surface area contributed by atoms with Gasteiger partial charge in [0.2, 0.25) is 5.75 Å². The second-order valence-electron chi connectivity index (χ2n) is 10.6. The predicted octanol–water partition coefficient (Wildman–Crippen LogP) is 5.70. The minimum Gasteiger partial charge on any atom is -0.493 e. The molecule has 224 valence electrons. The van der Waals surface area contributed by atoms with Crippen molar-refractivity contribution < 1.29 is 33.2 Å². The van der Waals surface area contributed by atoms with Crippen molar-refractivity contribution in [2.75, 3.05) is 55.7 Å². The van der Waals surface area contributed by atoms with E-state index in [9.17, 15) is 4.79 Å². The van der Waals surface area contributed by atoms with E-state index in [0.29, 0.717) is 36.5 Å². The topological polar surface area (TPSA) is 75.7 Å². The highest BCUT2D eigenvalue weighted by Crippen LogP contribution is 2.54. The summed E-state index contributed by atoms with van der Waals surface area (Å²) in [5, 5.41) is 0. The van der Waals surface area contributed by atoms with E-state index in [-0.39, 0.29) is 30.2 Å². The third kappa shape index (κ3) is 7.07. The summed E-state index contributed by atoms with van der Waals surface area (Å²) < 4.78 is 34.3. The first kappa shape index (κ1) is 33.4. The van der Waals surface area contributed by atoms with Gasteiger partial charge in [-0.2, -0.15) is 0 Å². The van der Waals surface area contributed by atoms with E-state index in [1.165, 1.54) is 12.5 Å². The maximum absolute atomic E-state index is 12.5. The van der Waals surface area contributed by atoms with E-state index in [0.717, 1.165) is 42.1 Å². The van der Waals surface area contributed by atoms with E-state index in [1.54, 1.807) is 35.5 Å². The fourth-order valence-electron chi connectivity index (χ4n) is 6.09. The summed E-state index contributed by atoms with van der Waals surface area (Å²) in [5.74, 6) is 3.28. The molecule has 0 amide bonds. The number of methoxy groups -OCH3 is 5. The summed E-state index contributed by atoms with van der Waals surface area (Å²) in [5.41, 5.74) is 2.72. The Hall–Kier alpha value is -2.84. The van der Waals surface area contributed by atoms with Gasteiger partial charge in [0, 0.05) is 37.9 Å². The zero-order valence-corrected chi connectivity index (χ0v) is 26.2. The number of carbonyl (C=O) groups excluding carboxylic acids is 1. The lowest BCUT2D eigenvalue weighted by Crippen LogP contribution is -2.48. The number of fused-ring (bicyclic) bond motifs is 1. The Balaban J connectivity index is 0.00000560. The van der Waals surface area contributed by atoms with Gasteiger partial charge in [0.1, 0.15) is 5.60 Å². The Bertz CT molecular complexity index is 1140. The first-order valence-electron chi connectivity index (χ1n) is 13.5. The van der Waals surface area contributed by atoms with E-state index in [1.807, 2.05) is 18.2 Å². The molecule has 0 saturated heterocycles. The predicted molar refractivity (Wildman–Crippen MR) is 159 cm³/mol. The molecule has 0 N–H and O–H groups in total. The van der Waals surface area contributed by atoms with Gasteiger partial charge in [-0.15, -0.1) is 12.4 Å². The van der Waals surface area contributed by atoms with Gasteiger partial charge in [0.05, 0.1) is 35.5 Å². The van der Waals surface area contributed by atoms with Crippen LogP contribution in [0.1, 0.15) is 56.2 Å². The second kappa shape index (κ2) is 14.7. The average Bonchev–Trinajstić information content (AvgIpc) is 2.92. The fraction of sp³-hybridized carbons (Fsp3) is 0.581. The lowest BCUT2D eigenvalue weighted by Gasteiger charge is -2.47. The van der Waals surface area contributed by atoms with Gasteiger partial charge < -0.3 is 33.3 Å². The molecular weight excluding hydrogens is 534 g/mol. The van der Waals surface area contributed by atoms with Gasteiger partial charge in [-0.1, -0.05) is 19.9 Å². The summed E-state index contributed by atoms with van der Waals surface area (Å²) in [6.07, 6.45) is 3.00. The van der Waals surface area contributed by atoms with E-state index in [2.05, 4.69) is 31.9 Å². The molecule has 8 nitrogen and oxygen atoms in total. The lowest BCUT2D eigenvalue weighted by molar-refractivity contribution is -0.164. The Morgan fingerprint density at radius 1 is 0.925 bits per heavy atom. The number of nitrogens with zero attached hydrogens (tertiary/aromatic N) is 1. The summed E-state index contributed by atoms with van der Waals surface area (Å²) in [6, 6.07) is 8.07. The summed E-state index contributed by atoms with van der Waals surface area (Å²) >= 11 is 0. The number of carbonyl (C=O) groups is 1. The molecule has 40 heavy (non-hydrogen) atoms. The maximum atomic E-state index is 12.5. The number of halogens is 1. The van der Waals surface area contributed by atoms with Gasteiger partial charge >= 0.3 is 5.97 Å². The lowest BCUT2D eigenvalue weighted by atomic mass is 9.65. The van der Waals surface area contributed by atoms with Crippen LogP contribution in [0.4, 0.5) is 0 Å². The molecular formula is C31H46ClNO7. The number of esters is 1. The van der Waals surface area contributed by atoms with Crippen molar-refractivity contribution in [3.05, 3.63) is 41.0 Å². The van der Waals surface area contributed by atoms with Gasteiger partial charge in [-0.05, 0) is 61.6 Å². The van der Waals surface area contributed by atoms with Crippen molar-refractivity contribution in [2.24, 2.45) is 5.92 Å². The quantitative estimate of drug-likeness (QED) is 0.280. The summed E-state index contributed by atoms with van der Waals surface area (Å²) in [7, 11) is 10.3. The molecule has 0 unspecified atom stereocenters. The molecule has 0 radical (unpaired) electrons. The normalized spacial score (nSPS) is 18.0. The highest BCUT2D eigenvalue weighted by Gasteiger charge is 2.48. The van der Waals surface area contributed by atoms with Gasteiger partial charge in [0.15, 0.2) is 23.0 Å². The zero-order chi connectivity index (χ0) is 28.7. The summed E-state index contributed by atoms with van der Waals surface area (Å²) in [4.78, 5) is 14.8. The van der Waals surface area contributed by atoms with E-state index < -0.39 is 5.60 Å². The smallest absolute Gasteiger partial charge is 0.303 e. The third-order valence-corrected chi connectivity index (χ3v) is 7.83. The van der Waals surface area contributed by atoms with Crippen molar-refractivity contribution in [2.45, 2.75) is 58.0 Å². The molecule has 9 heteroatoms. The van der Waals surface area contributed by atoms with Crippen LogP contribution in [-0.4, -0.2) is 72.2 Å². The molecule has 2 aromatic rings. The minimum absolute atomic E-state index is 0. The van der Waals surface area contributed by atoms with Crippen LogP contribution in [0.25, 0.3) is 0 Å². The largest absolute Gasteiger partial charge is 0.493 e. The van der Waals surface area contributed by atoms with E-state index >= 15 is 0 Å². The first-order chi connectivity index (χ1) is 18.6. The van der Waals surface area contributed by atoms with Crippen molar-refractivity contribution in [3.8, 4) is 28.7 Å². The standard InChI is InChI=1S/C31H45NO7.ClH/c1-20(2)28-24-19-27(36-7)30(38-9)29(37-8)23(24)12-14-31(28,39-21(3)33)15-17-32(4)16-13-22-10-11-25(34-5)26(18-22)35-6;/h10-11,18-20,28H,12-17H2,1-9H3;1H/t28-,31-;/m0./s1. The Morgan fingerprint density at radius 3 is 2.12 bits per heavy atom. The number of likely N-dealkylation sites (N-methyl/N-ethyl adjacent to an activating group) is 1. The van der Waals surface area contributed by atoms with Gasteiger partial charge in [-0.25, -0.2) is 0 Å². The number of rotatable bonds is 13. The van der Waals surface area contributed by atoms with Gasteiger partial charge in [-0.3, -0.25) is 4.79 Å². The second-order valence-corrected chi connectivity index (χ2v) is 10.6. The highest BCUT2D eigenvalue weighted by atomic mass is 35.5. The molecule has 2 atom stereocenters. The van der Waals surface area contributed by atoms with Crippen LogP contribution in [0.3, 0.4) is 0 Å². The Morgan fingerprint density at radius 2 is 1.57 bits per heavy atom. The first-order valence-corrected chi connectivity index (χ1v) is 13.5. The summed E-state index contributed by atoms with van der Waals surface area (Å²) in [6.45, 7) is 7.51. The van der Waals surface area contributed by atoms with Crippen molar-refractivity contribution >= 4 is 18.4 Å². The van der Waals surface area contributed by atoms with E-state index in [4.69, 9.17) is 28.4 Å². The molecule has 0 heterocycles. The third-order valence-electron chi connectivity index (χ3n) is 7.83. The molecule has 0 bridgehead atoms. The number of hydrogen-bond acceptors (Lipinski definition) is 8. The number of hydrogen-bond donors (Lipinski definition) is 0. The minimum atomic E-state index is -0.644. The Labute approximate surface area is 245 Å². The van der Waals surface area contributed by atoms with Crippen LogP contribution in [0.15, 0.2) is 24.3 Å². The maximum Gasteiger partial charge on any atom is 0.303 e. The molecule has 1 aliphatic rings. The number of benzene rings is 2. The van der Waals surface area contributed by atoms with Crippen LogP contribution in [0.2, 0.25) is 0 Å². The SMILES string of the molecule is COc1ccc(CCN(C)CC[C@@]2(OC(C)=O)CCc3c(cc(OC)c(OC)c3OC)[C@@H]2C(C)C)cc1OC.Cl. The van der Waals surface area contributed by atoms with Crippen LogP contribution in [0.5, 0.6) is 28.7 Å². The Kier molecular flexibility index (Phi) is 12.3. The molecule has 1 aliphatic carbocycles. The molecule has 0 aromatic heterocycles. The molecule has 2 aromatic carbocycles. The van der Waals surface area contributed by atoms with Crippen molar-refractivity contribution in [1.29, 1.82) is 0 Å². The average molecular weight is 580 g/mol. The number of ether oxygens (including phenoxy) is 6. The molecule has 3 rings (SSSR count). The molecule has 0 saturated carbocycles. The fourth-order valence-corrected chi connectivity index (χ4v) is 6.09.